The van der Waals surface area contributed by atoms with Crippen LogP contribution in [0.2, 0.25) is 0 Å². The molecule has 2 aromatic carbocycles. The molecule has 0 aliphatic heterocycles. The van der Waals surface area contributed by atoms with Gasteiger partial charge in [-0.3, -0.25) is 19.6 Å². The summed E-state index contributed by atoms with van der Waals surface area (Å²) in [5.74, 6) is -0.539. The van der Waals surface area contributed by atoms with E-state index < -0.39 is 20.9 Å². The third-order valence-corrected chi connectivity index (χ3v) is 8.49. The molecule has 4 rings (SSSR count). The Labute approximate surface area is 213 Å². The monoisotopic (exact) mass is 543 g/mol. The number of rotatable bonds is 9. The van der Waals surface area contributed by atoms with E-state index in [2.05, 4.69) is 25.4 Å². The summed E-state index contributed by atoms with van der Waals surface area (Å²) in [6.07, 6.45) is 2.78. The highest BCUT2D eigenvalue weighted by atomic mass is 32.2. The van der Waals surface area contributed by atoms with Gasteiger partial charge in [0.15, 0.2) is 5.16 Å². The smallest absolute Gasteiger partial charge is 0.283 e. The van der Waals surface area contributed by atoms with E-state index in [9.17, 15) is 23.3 Å². The van der Waals surface area contributed by atoms with E-state index in [0.29, 0.717) is 21.3 Å². The highest BCUT2D eigenvalue weighted by Crippen LogP contribution is 2.33. The fraction of sp³-hybridized carbons (Fsp3) is 0.0476. The van der Waals surface area contributed by atoms with Gasteiger partial charge in [-0.25, -0.2) is 13.8 Å². The Kier molecular flexibility index (Phi) is 7.42. The molecular formula is C21H17N7O5S3. The second kappa shape index (κ2) is 10.7. The minimum absolute atomic E-state index is 0.140. The number of carbonyl (C=O) groups excluding carboxylic acids is 1. The van der Waals surface area contributed by atoms with Crippen molar-refractivity contribution in [2.75, 3.05) is 4.72 Å². The van der Waals surface area contributed by atoms with E-state index in [4.69, 9.17) is 0 Å². The number of hydrogen-bond acceptors (Lipinski definition) is 10. The third-order valence-electron chi connectivity index (χ3n) is 4.59. The van der Waals surface area contributed by atoms with Crippen molar-refractivity contribution in [3.05, 3.63) is 87.5 Å². The van der Waals surface area contributed by atoms with E-state index in [-0.39, 0.29) is 15.5 Å². The molecule has 0 unspecified atom stereocenters. The lowest BCUT2D eigenvalue weighted by Crippen LogP contribution is -2.17. The number of benzene rings is 2. The number of carbonyl (C=O) groups is 1. The average molecular weight is 544 g/mol. The van der Waals surface area contributed by atoms with Crippen LogP contribution in [0.1, 0.15) is 15.9 Å². The van der Waals surface area contributed by atoms with Crippen LogP contribution in [0, 0.1) is 10.1 Å². The summed E-state index contributed by atoms with van der Waals surface area (Å²) in [6, 6.07) is 13.5. The molecule has 0 saturated carbocycles. The van der Waals surface area contributed by atoms with Crippen molar-refractivity contribution in [3.8, 4) is 0 Å². The number of amides is 1. The summed E-state index contributed by atoms with van der Waals surface area (Å²) in [5, 5.41) is 25.2. The molecule has 0 aliphatic rings. The number of aryl methyl sites for hydroxylation is 1. The molecule has 0 bridgehead atoms. The van der Waals surface area contributed by atoms with Gasteiger partial charge in [-0.2, -0.15) is 5.10 Å². The van der Waals surface area contributed by atoms with Crippen LogP contribution >= 0.6 is 23.1 Å². The second-order valence-electron chi connectivity index (χ2n) is 7.12. The molecule has 2 N–H and O–H groups in total. The number of anilines is 1. The molecule has 2 heterocycles. The molecule has 0 aliphatic carbocycles. The van der Waals surface area contributed by atoms with Crippen molar-refractivity contribution in [3.63, 3.8) is 0 Å². The molecule has 0 radical (unpaired) electrons. The zero-order valence-corrected chi connectivity index (χ0v) is 20.9. The standard InChI is InChI=1S/C21H17N7O5S3/c1-27-13-23-25-21(27)35-18-9-4-14(11-17(18)28(30)31)12-22-24-20(29)15-5-7-16(8-6-15)26-36(32,33)19-3-2-10-34-19/h2-13,26H,1H3,(H,24,29)/b22-12-. The van der Waals surface area contributed by atoms with Gasteiger partial charge in [-0.1, -0.05) is 12.1 Å². The van der Waals surface area contributed by atoms with Gasteiger partial charge >= 0.3 is 0 Å². The van der Waals surface area contributed by atoms with Gasteiger partial charge < -0.3 is 4.57 Å². The van der Waals surface area contributed by atoms with Gasteiger partial charge in [-0.05, 0) is 53.5 Å². The van der Waals surface area contributed by atoms with Crippen LogP contribution in [0.5, 0.6) is 0 Å². The minimum atomic E-state index is -3.69. The second-order valence-corrected chi connectivity index (χ2v) is 11.0. The fourth-order valence-electron chi connectivity index (χ4n) is 2.85. The number of aromatic nitrogens is 3. The number of sulfonamides is 1. The maximum Gasteiger partial charge on any atom is 0.283 e. The molecular weight excluding hydrogens is 526 g/mol. The van der Waals surface area contributed by atoms with Gasteiger partial charge in [0, 0.05) is 29.9 Å². The zero-order valence-electron chi connectivity index (χ0n) is 18.4. The number of nitro groups is 1. The summed E-state index contributed by atoms with van der Waals surface area (Å²) in [7, 11) is -1.96. The first-order chi connectivity index (χ1) is 17.2. The molecule has 36 heavy (non-hydrogen) atoms. The van der Waals surface area contributed by atoms with Crippen molar-refractivity contribution in [1.82, 2.24) is 20.2 Å². The van der Waals surface area contributed by atoms with E-state index in [0.717, 1.165) is 23.1 Å². The van der Waals surface area contributed by atoms with Gasteiger partial charge in [0.1, 0.15) is 10.5 Å². The normalized spacial score (nSPS) is 11.5. The van der Waals surface area contributed by atoms with Crippen molar-refractivity contribution < 1.29 is 18.1 Å². The molecule has 0 saturated heterocycles. The number of nitrogens with one attached hydrogen (secondary N) is 2. The number of nitrogens with zero attached hydrogens (tertiary/aromatic N) is 5. The third kappa shape index (κ3) is 5.94. The number of thiophene rings is 1. The van der Waals surface area contributed by atoms with Crippen molar-refractivity contribution >= 4 is 56.6 Å². The number of nitro benzene ring substituents is 1. The molecule has 15 heteroatoms. The molecule has 184 valence electrons. The summed E-state index contributed by atoms with van der Waals surface area (Å²) < 4.78 is 28.8. The van der Waals surface area contributed by atoms with Crippen molar-refractivity contribution in [1.29, 1.82) is 0 Å². The lowest BCUT2D eigenvalue weighted by Gasteiger charge is -2.07. The van der Waals surface area contributed by atoms with Crippen LogP contribution in [0.15, 0.2) is 85.7 Å². The van der Waals surface area contributed by atoms with Crippen molar-refractivity contribution in [2.45, 2.75) is 14.3 Å². The van der Waals surface area contributed by atoms with Crippen LogP contribution in [0.25, 0.3) is 0 Å². The van der Waals surface area contributed by atoms with Crippen LogP contribution in [-0.4, -0.2) is 40.2 Å². The quantitative estimate of drug-likeness (QED) is 0.184. The molecule has 12 nitrogen and oxygen atoms in total. The first-order valence-electron chi connectivity index (χ1n) is 10.0. The number of hydrazone groups is 1. The van der Waals surface area contributed by atoms with E-state index in [1.165, 1.54) is 48.9 Å². The fourth-order valence-corrected chi connectivity index (χ4v) is 5.75. The van der Waals surface area contributed by atoms with Gasteiger partial charge in [0.25, 0.3) is 21.6 Å². The summed E-state index contributed by atoms with van der Waals surface area (Å²) >= 11 is 2.20. The summed E-state index contributed by atoms with van der Waals surface area (Å²) in [5.41, 5.74) is 3.15. The zero-order chi connectivity index (χ0) is 25.7. The SMILES string of the molecule is Cn1cnnc1Sc1ccc(/C=N\NC(=O)c2ccc(NS(=O)(=O)c3cccs3)cc2)cc1[N+](=O)[O-]. The lowest BCUT2D eigenvalue weighted by molar-refractivity contribution is -0.387. The first kappa shape index (κ1) is 25.0. The summed E-state index contributed by atoms with van der Waals surface area (Å²) in [6.45, 7) is 0. The predicted octanol–water partition coefficient (Wildman–Crippen LogP) is 3.50. The topological polar surface area (TPSA) is 161 Å². The maximum absolute atomic E-state index is 12.4. The van der Waals surface area contributed by atoms with Crippen LogP contribution in [0.4, 0.5) is 11.4 Å². The van der Waals surface area contributed by atoms with Gasteiger partial charge in [0.2, 0.25) is 0 Å². The van der Waals surface area contributed by atoms with Gasteiger partial charge in [0.05, 0.1) is 16.0 Å². The van der Waals surface area contributed by atoms with E-state index in [1.54, 1.807) is 35.2 Å². The summed E-state index contributed by atoms with van der Waals surface area (Å²) in [4.78, 5) is 23.8. The Hall–Kier alpha value is -4.08. The van der Waals surface area contributed by atoms with Crippen molar-refractivity contribution in [2.24, 2.45) is 12.1 Å². The lowest BCUT2D eigenvalue weighted by atomic mass is 10.2. The molecule has 0 atom stereocenters. The molecule has 4 aromatic rings. The first-order valence-corrected chi connectivity index (χ1v) is 13.2. The Morgan fingerprint density at radius 3 is 2.64 bits per heavy atom. The average Bonchev–Trinajstić information content (AvgIpc) is 3.53. The minimum Gasteiger partial charge on any atom is -0.311 e. The highest BCUT2D eigenvalue weighted by molar-refractivity contribution is 7.99. The molecule has 2 aromatic heterocycles. The largest absolute Gasteiger partial charge is 0.311 e. The molecule has 1 amide bonds. The maximum atomic E-state index is 12.4. The number of hydrogen-bond donors (Lipinski definition) is 2. The van der Waals surface area contributed by atoms with Crippen LogP contribution in [-0.2, 0) is 17.1 Å². The Bertz CT molecular complexity index is 1530. The van der Waals surface area contributed by atoms with E-state index >= 15 is 0 Å². The van der Waals surface area contributed by atoms with Gasteiger partial charge in [-0.15, -0.1) is 21.5 Å². The molecule has 0 fully saturated rings. The highest BCUT2D eigenvalue weighted by Gasteiger charge is 2.18. The molecule has 0 spiro atoms. The van der Waals surface area contributed by atoms with E-state index in [1.807, 2.05) is 0 Å². The van der Waals surface area contributed by atoms with Crippen LogP contribution < -0.4 is 10.1 Å². The Balaban J connectivity index is 1.40. The Morgan fingerprint density at radius 2 is 2.00 bits per heavy atom. The Morgan fingerprint density at radius 1 is 1.22 bits per heavy atom. The van der Waals surface area contributed by atoms with Crippen LogP contribution in [0.3, 0.4) is 0 Å². The predicted molar refractivity (Wildman–Crippen MR) is 135 cm³/mol.